The average molecular weight is 333 g/mol. The number of carbonyl (C=O) groups is 1. The molecule has 0 radical (unpaired) electrons. The maximum absolute atomic E-state index is 12.3. The molecular formula is C19H31N3O2. The van der Waals surface area contributed by atoms with Crippen molar-refractivity contribution in [1.29, 1.82) is 0 Å². The van der Waals surface area contributed by atoms with Gasteiger partial charge < -0.3 is 15.7 Å². The molecular weight excluding hydrogens is 302 g/mol. The van der Waals surface area contributed by atoms with Gasteiger partial charge in [0, 0.05) is 18.7 Å². The number of hydrogen-bond donors (Lipinski definition) is 3. The fourth-order valence-electron chi connectivity index (χ4n) is 3.25. The molecule has 3 N–H and O–H groups in total. The summed E-state index contributed by atoms with van der Waals surface area (Å²) in [7, 11) is 0. The third-order valence-corrected chi connectivity index (χ3v) is 4.82. The molecule has 0 saturated carbocycles. The summed E-state index contributed by atoms with van der Waals surface area (Å²) in [6, 6.07) is 9.42. The van der Waals surface area contributed by atoms with E-state index in [-0.39, 0.29) is 24.2 Å². The van der Waals surface area contributed by atoms with Crippen molar-refractivity contribution in [2.45, 2.75) is 51.1 Å². The second kappa shape index (κ2) is 9.04. The second-order valence-electron chi connectivity index (χ2n) is 7.16. The van der Waals surface area contributed by atoms with Gasteiger partial charge in [-0.3, -0.25) is 4.90 Å². The zero-order valence-electron chi connectivity index (χ0n) is 14.9. The summed E-state index contributed by atoms with van der Waals surface area (Å²) in [5.41, 5.74) is 0.966. The summed E-state index contributed by atoms with van der Waals surface area (Å²) in [5, 5.41) is 15.2. The number of rotatable bonds is 7. The van der Waals surface area contributed by atoms with Crippen molar-refractivity contribution in [1.82, 2.24) is 15.5 Å². The van der Waals surface area contributed by atoms with Crippen molar-refractivity contribution >= 4 is 6.03 Å². The van der Waals surface area contributed by atoms with Crippen molar-refractivity contribution in [3.63, 3.8) is 0 Å². The van der Waals surface area contributed by atoms with Crippen LogP contribution in [0.3, 0.4) is 0 Å². The van der Waals surface area contributed by atoms with Gasteiger partial charge in [-0.05, 0) is 51.8 Å². The molecule has 5 heteroatoms. The number of nitrogens with one attached hydrogen (secondary N) is 2. The number of aliphatic hydroxyl groups is 1. The quantitative estimate of drug-likeness (QED) is 0.719. The van der Waals surface area contributed by atoms with E-state index >= 15 is 0 Å². The molecule has 2 rings (SSSR count). The van der Waals surface area contributed by atoms with E-state index in [9.17, 15) is 9.90 Å². The SMILES string of the molecule is CC(C)(CNC(=O)N[C@H](CCO)c1ccccc1)N1CCCCC1. The molecule has 1 atom stereocenters. The van der Waals surface area contributed by atoms with Crippen LogP contribution in [-0.2, 0) is 0 Å². The number of amides is 2. The van der Waals surface area contributed by atoms with Gasteiger partial charge in [0.2, 0.25) is 0 Å². The lowest BCUT2D eigenvalue weighted by atomic mass is 9.98. The first-order valence-corrected chi connectivity index (χ1v) is 8.98. The fraction of sp³-hybridized carbons (Fsp3) is 0.632. The molecule has 1 aliphatic rings. The fourth-order valence-corrected chi connectivity index (χ4v) is 3.25. The van der Waals surface area contributed by atoms with Gasteiger partial charge in [-0.2, -0.15) is 0 Å². The lowest BCUT2D eigenvalue weighted by Crippen LogP contribution is -2.54. The zero-order chi connectivity index (χ0) is 17.4. The predicted octanol–water partition coefficient (Wildman–Crippen LogP) is 2.67. The van der Waals surface area contributed by atoms with Crippen LogP contribution in [0.4, 0.5) is 4.79 Å². The Bertz CT molecular complexity index is 499. The van der Waals surface area contributed by atoms with Crippen LogP contribution < -0.4 is 10.6 Å². The normalized spacial score (nSPS) is 17.3. The first kappa shape index (κ1) is 18.7. The van der Waals surface area contributed by atoms with Crippen LogP contribution in [0.2, 0.25) is 0 Å². The molecule has 24 heavy (non-hydrogen) atoms. The van der Waals surface area contributed by atoms with E-state index in [0.29, 0.717) is 13.0 Å². The predicted molar refractivity (Wildman–Crippen MR) is 96.9 cm³/mol. The van der Waals surface area contributed by atoms with E-state index < -0.39 is 0 Å². The van der Waals surface area contributed by atoms with Crippen molar-refractivity contribution < 1.29 is 9.90 Å². The van der Waals surface area contributed by atoms with Crippen molar-refractivity contribution in [2.24, 2.45) is 0 Å². The van der Waals surface area contributed by atoms with Crippen LogP contribution in [0.1, 0.15) is 51.1 Å². The Balaban J connectivity index is 1.86. The topological polar surface area (TPSA) is 64.6 Å². The average Bonchev–Trinajstić information content (AvgIpc) is 2.61. The standard InChI is InChI=1S/C19H31N3O2/c1-19(2,22-12-7-4-8-13-22)15-20-18(24)21-17(11-14-23)16-9-5-3-6-10-16/h3,5-6,9-10,17,23H,4,7-8,11-15H2,1-2H3,(H2,20,21,24)/t17-/m1/s1. The molecule has 1 saturated heterocycles. The third kappa shape index (κ3) is 5.49. The Labute approximate surface area is 145 Å². The van der Waals surface area contributed by atoms with Gasteiger partial charge in [0.25, 0.3) is 0 Å². The van der Waals surface area contributed by atoms with Gasteiger partial charge in [0.15, 0.2) is 0 Å². The smallest absolute Gasteiger partial charge is 0.315 e. The minimum Gasteiger partial charge on any atom is -0.396 e. The lowest BCUT2D eigenvalue weighted by molar-refractivity contribution is 0.0958. The molecule has 1 fully saturated rings. The molecule has 1 aliphatic heterocycles. The van der Waals surface area contributed by atoms with E-state index in [4.69, 9.17) is 0 Å². The second-order valence-corrected chi connectivity index (χ2v) is 7.16. The van der Waals surface area contributed by atoms with E-state index in [2.05, 4.69) is 29.4 Å². The van der Waals surface area contributed by atoms with E-state index in [1.54, 1.807) is 0 Å². The summed E-state index contributed by atoms with van der Waals surface area (Å²) in [5.74, 6) is 0. The van der Waals surface area contributed by atoms with Crippen LogP contribution >= 0.6 is 0 Å². The Morgan fingerprint density at radius 1 is 1.21 bits per heavy atom. The molecule has 0 spiro atoms. The van der Waals surface area contributed by atoms with Gasteiger partial charge in [-0.1, -0.05) is 36.8 Å². The molecule has 0 bridgehead atoms. The van der Waals surface area contributed by atoms with Gasteiger partial charge in [0.05, 0.1) is 6.04 Å². The highest BCUT2D eigenvalue weighted by molar-refractivity contribution is 5.74. The van der Waals surface area contributed by atoms with Crippen molar-refractivity contribution in [3.8, 4) is 0 Å². The summed E-state index contributed by atoms with van der Waals surface area (Å²) >= 11 is 0. The van der Waals surface area contributed by atoms with Crippen molar-refractivity contribution in [2.75, 3.05) is 26.2 Å². The molecule has 0 aromatic heterocycles. The monoisotopic (exact) mass is 333 g/mol. The summed E-state index contributed by atoms with van der Waals surface area (Å²) in [4.78, 5) is 14.8. The highest BCUT2D eigenvalue weighted by Crippen LogP contribution is 2.20. The minimum absolute atomic E-state index is 0.0408. The maximum atomic E-state index is 12.3. The van der Waals surface area contributed by atoms with Crippen LogP contribution in [0.15, 0.2) is 30.3 Å². The number of aliphatic hydroxyl groups excluding tert-OH is 1. The van der Waals surface area contributed by atoms with Crippen LogP contribution in [-0.4, -0.2) is 47.8 Å². The van der Waals surface area contributed by atoms with Gasteiger partial charge in [-0.25, -0.2) is 4.79 Å². The maximum Gasteiger partial charge on any atom is 0.315 e. The summed E-state index contributed by atoms with van der Waals surface area (Å²) in [6.07, 6.45) is 4.29. The molecule has 2 amide bonds. The van der Waals surface area contributed by atoms with Crippen LogP contribution in [0, 0.1) is 0 Å². The molecule has 1 aromatic rings. The largest absolute Gasteiger partial charge is 0.396 e. The molecule has 0 aliphatic carbocycles. The van der Waals surface area contributed by atoms with Crippen LogP contribution in [0.25, 0.3) is 0 Å². The van der Waals surface area contributed by atoms with Gasteiger partial charge in [-0.15, -0.1) is 0 Å². The number of carbonyl (C=O) groups excluding carboxylic acids is 1. The summed E-state index contributed by atoms with van der Waals surface area (Å²) in [6.45, 7) is 7.22. The molecule has 5 nitrogen and oxygen atoms in total. The van der Waals surface area contributed by atoms with Gasteiger partial charge >= 0.3 is 6.03 Å². The third-order valence-electron chi connectivity index (χ3n) is 4.82. The number of nitrogens with zero attached hydrogens (tertiary/aromatic N) is 1. The molecule has 1 heterocycles. The molecule has 1 aromatic carbocycles. The zero-order valence-corrected chi connectivity index (χ0v) is 14.9. The van der Waals surface area contributed by atoms with E-state index in [1.807, 2.05) is 30.3 Å². The Morgan fingerprint density at radius 3 is 2.50 bits per heavy atom. The number of hydrogen-bond acceptors (Lipinski definition) is 3. The summed E-state index contributed by atoms with van der Waals surface area (Å²) < 4.78 is 0. The number of likely N-dealkylation sites (tertiary alicyclic amines) is 1. The minimum atomic E-state index is -0.178. The number of piperidine rings is 1. The first-order chi connectivity index (χ1) is 11.5. The van der Waals surface area contributed by atoms with Crippen molar-refractivity contribution in [3.05, 3.63) is 35.9 Å². The molecule has 0 unspecified atom stereocenters. The molecule has 134 valence electrons. The Morgan fingerprint density at radius 2 is 1.88 bits per heavy atom. The Kier molecular flexibility index (Phi) is 7.06. The van der Waals surface area contributed by atoms with E-state index in [0.717, 1.165) is 18.7 Å². The first-order valence-electron chi connectivity index (χ1n) is 8.98. The number of benzene rings is 1. The Hall–Kier alpha value is -1.59. The van der Waals surface area contributed by atoms with Crippen LogP contribution in [0.5, 0.6) is 0 Å². The lowest BCUT2D eigenvalue weighted by Gasteiger charge is -2.41. The van der Waals surface area contributed by atoms with E-state index in [1.165, 1.54) is 19.3 Å². The van der Waals surface area contributed by atoms with Gasteiger partial charge in [0.1, 0.15) is 0 Å². The highest BCUT2D eigenvalue weighted by Gasteiger charge is 2.28. The number of urea groups is 1. The highest BCUT2D eigenvalue weighted by atomic mass is 16.3.